The summed E-state index contributed by atoms with van der Waals surface area (Å²) in [6.07, 6.45) is 0.260. The average molecular weight is 280 g/mol. The molecule has 20 heavy (non-hydrogen) atoms. The van der Waals surface area contributed by atoms with Gasteiger partial charge in [-0.25, -0.2) is 9.78 Å². The first-order valence-corrected chi connectivity index (χ1v) is 7.08. The van der Waals surface area contributed by atoms with Gasteiger partial charge in [-0.2, -0.15) is 0 Å². The third-order valence-corrected chi connectivity index (χ3v) is 3.03. The highest BCUT2D eigenvalue weighted by atomic mass is 16.5. The second-order valence-corrected chi connectivity index (χ2v) is 4.80. The van der Waals surface area contributed by atoms with Crippen molar-refractivity contribution in [1.82, 2.24) is 4.98 Å². The van der Waals surface area contributed by atoms with Crippen LogP contribution in [0.2, 0.25) is 0 Å². The number of morpholine rings is 1. The van der Waals surface area contributed by atoms with E-state index in [-0.39, 0.29) is 17.9 Å². The van der Waals surface area contributed by atoms with E-state index in [1.807, 2.05) is 33.8 Å². The summed E-state index contributed by atoms with van der Waals surface area (Å²) in [5, 5.41) is 9.09. The summed E-state index contributed by atoms with van der Waals surface area (Å²) >= 11 is 0. The molecule has 112 valence electrons. The van der Waals surface area contributed by atoms with E-state index in [9.17, 15) is 4.79 Å². The van der Waals surface area contributed by atoms with Gasteiger partial charge in [-0.3, -0.25) is 0 Å². The van der Waals surface area contributed by atoms with Crippen LogP contribution in [-0.4, -0.2) is 41.4 Å². The van der Waals surface area contributed by atoms with E-state index in [2.05, 4.69) is 9.88 Å². The first-order valence-electron chi connectivity index (χ1n) is 7.08. The van der Waals surface area contributed by atoms with E-state index < -0.39 is 5.97 Å². The quantitative estimate of drug-likeness (QED) is 0.902. The Hall–Kier alpha value is -1.62. The van der Waals surface area contributed by atoms with E-state index in [0.717, 1.165) is 13.1 Å². The van der Waals surface area contributed by atoms with Crippen molar-refractivity contribution in [3.8, 4) is 0 Å². The fourth-order valence-electron chi connectivity index (χ4n) is 2.28. The molecule has 0 aliphatic carbocycles. The Bertz CT molecular complexity index is 452. The summed E-state index contributed by atoms with van der Waals surface area (Å²) < 4.78 is 5.65. The number of rotatable bonds is 2. The Morgan fingerprint density at radius 3 is 2.35 bits per heavy atom. The minimum atomic E-state index is -0.983. The lowest BCUT2D eigenvalue weighted by Gasteiger charge is -2.36. The van der Waals surface area contributed by atoms with Crippen molar-refractivity contribution in [2.24, 2.45) is 0 Å². The molecule has 0 bridgehead atoms. The van der Waals surface area contributed by atoms with Crippen LogP contribution in [0.5, 0.6) is 0 Å². The molecule has 1 fully saturated rings. The Kier molecular flexibility index (Phi) is 5.95. The van der Waals surface area contributed by atoms with Gasteiger partial charge in [0.2, 0.25) is 0 Å². The zero-order valence-electron chi connectivity index (χ0n) is 12.9. The first-order chi connectivity index (χ1) is 9.47. The van der Waals surface area contributed by atoms with Crippen LogP contribution >= 0.6 is 0 Å². The van der Waals surface area contributed by atoms with E-state index in [1.54, 1.807) is 13.0 Å². The van der Waals surface area contributed by atoms with Gasteiger partial charge in [0.1, 0.15) is 5.82 Å². The molecule has 0 aromatic carbocycles. The summed E-state index contributed by atoms with van der Waals surface area (Å²) in [5.41, 5.74) is 0.805. The number of anilines is 1. The van der Waals surface area contributed by atoms with Gasteiger partial charge in [-0.05, 0) is 32.4 Å². The summed E-state index contributed by atoms with van der Waals surface area (Å²) in [6, 6.07) is 3.67. The molecular weight excluding hydrogens is 256 g/mol. The van der Waals surface area contributed by atoms with Crippen molar-refractivity contribution in [2.45, 2.75) is 46.8 Å². The number of carboxylic acid groups (broad SMARTS) is 1. The van der Waals surface area contributed by atoms with Crippen LogP contribution in [0.4, 0.5) is 5.82 Å². The third kappa shape index (κ3) is 3.93. The zero-order valence-corrected chi connectivity index (χ0v) is 12.9. The monoisotopic (exact) mass is 280 g/mol. The fraction of sp³-hybridized carbons (Fsp3) is 0.600. The Balaban J connectivity index is 0.000000956. The maximum Gasteiger partial charge on any atom is 0.354 e. The number of nitrogens with zero attached hydrogens (tertiary/aromatic N) is 2. The second-order valence-electron chi connectivity index (χ2n) is 4.80. The number of hydrogen-bond donors (Lipinski definition) is 1. The van der Waals surface area contributed by atoms with E-state index in [4.69, 9.17) is 9.84 Å². The van der Waals surface area contributed by atoms with Crippen LogP contribution < -0.4 is 4.90 Å². The molecule has 5 nitrogen and oxygen atoms in total. The van der Waals surface area contributed by atoms with Gasteiger partial charge in [-0.1, -0.05) is 19.9 Å². The van der Waals surface area contributed by atoms with Crippen LogP contribution in [0.1, 0.15) is 43.7 Å². The van der Waals surface area contributed by atoms with Gasteiger partial charge in [0.05, 0.1) is 12.2 Å². The number of aromatic nitrogens is 1. The molecule has 1 saturated heterocycles. The van der Waals surface area contributed by atoms with Crippen molar-refractivity contribution in [1.29, 1.82) is 0 Å². The number of carbonyl (C=O) groups is 1. The highest BCUT2D eigenvalue weighted by Gasteiger charge is 2.24. The van der Waals surface area contributed by atoms with Crippen LogP contribution in [0, 0.1) is 6.92 Å². The van der Waals surface area contributed by atoms with E-state index in [1.165, 1.54) is 0 Å². The van der Waals surface area contributed by atoms with Gasteiger partial charge in [-0.15, -0.1) is 0 Å². The number of hydrogen-bond acceptors (Lipinski definition) is 4. The summed E-state index contributed by atoms with van der Waals surface area (Å²) in [5.74, 6) is -0.274. The smallest absolute Gasteiger partial charge is 0.354 e. The van der Waals surface area contributed by atoms with Gasteiger partial charge in [0.25, 0.3) is 0 Å². The molecule has 0 saturated carbocycles. The van der Waals surface area contributed by atoms with Crippen molar-refractivity contribution < 1.29 is 14.6 Å². The molecule has 1 N–H and O–H groups in total. The number of aromatic carboxylic acids is 1. The molecule has 2 atom stereocenters. The maximum atomic E-state index is 11.1. The van der Waals surface area contributed by atoms with E-state index in [0.29, 0.717) is 11.4 Å². The summed E-state index contributed by atoms with van der Waals surface area (Å²) in [7, 11) is 0. The molecule has 2 unspecified atom stereocenters. The molecule has 2 heterocycles. The predicted molar refractivity (Wildman–Crippen MR) is 79.5 cm³/mol. The van der Waals surface area contributed by atoms with Crippen molar-refractivity contribution in [3.05, 3.63) is 23.4 Å². The molecule has 1 aliphatic heterocycles. The second kappa shape index (κ2) is 7.24. The molecular formula is C15H24N2O3. The highest BCUT2D eigenvalue weighted by Crippen LogP contribution is 2.20. The largest absolute Gasteiger partial charge is 0.477 e. The number of aryl methyl sites for hydroxylation is 1. The summed E-state index contributed by atoms with van der Waals surface area (Å²) in [6.45, 7) is 11.2. The Morgan fingerprint density at radius 2 is 1.85 bits per heavy atom. The molecule has 1 aliphatic rings. The molecule has 1 aromatic rings. The Labute approximate surface area is 120 Å². The Morgan fingerprint density at radius 1 is 1.30 bits per heavy atom. The van der Waals surface area contributed by atoms with E-state index >= 15 is 0 Å². The highest BCUT2D eigenvalue weighted by molar-refractivity contribution is 5.87. The van der Waals surface area contributed by atoms with Gasteiger partial charge in [0, 0.05) is 13.1 Å². The third-order valence-electron chi connectivity index (χ3n) is 3.03. The SMILES string of the molecule is CC.Cc1ccc(N2CC(C)OC(C)C2)nc1C(=O)O. The van der Waals surface area contributed by atoms with Gasteiger partial charge in [0.15, 0.2) is 5.69 Å². The van der Waals surface area contributed by atoms with Crippen molar-refractivity contribution in [3.63, 3.8) is 0 Å². The summed E-state index contributed by atoms with van der Waals surface area (Å²) in [4.78, 5) is 17.4. The van der Waals surface area contributed by atoms with Crippen LogP contribution in [0.3, 0.4) is 0 Å². The fourth-order valence-corrected chi connectivity index (χ4v) is 2.28. The number of ether oxygens (including phenoxy) is 1. The van der Waals surface area contributed by atoms with Crippen molar-refractivity contribution in [2.75, 3.05) is 18.0 Å². The molecule has 0 radical (unpaired) electrons. The molecule has 0 spiro atoms. The van der Waals surface area contributed by atoms with Crippen molar-refractivity contribution >= 4 is 11.8 Å². The predicted octanol–water partition coefficient (Wildman–Crippen LogP) is 2.73. The first kappa shape index (κ1) is 16.4. The van der Waals surface area contributed by atoms with Gasteiger partial charge < -0.3 is 14.7 Å². The zero-order chi connectivity index (χ0) is 15.3. The maximum absolute atomic E-state index is 11.1. The topological polar surface area (TPSA) is 62.7 Å². The lowest BCUT2D eigenvalue weighted by atomic mass is 10.2. The lowest BCUT2D eigenvalue weighted by Crippen LogP contribution is -2.46. The standard InChI is InChI=1S/C13H18N2O3.C2H6/c1-8-4-5-11(14-12(8)13(16)17)15-6-9(2)18-10(3)7-15;1-2/h4-5,9-10H,6-7H2,1-3H3,(H,16,17);1-2H3. The molecule has 0 amide bonds. The lowest BCUT2D eigenvalue weighted by molar-refractivity contribution is -0.00546. The number of pyridine rings is 1. The van der Waals surface area contributed by atoms with Crippen LogP contribution in [-0.2, 0) is 4.74 Å². The minimum absolute atomic E-state index is 0.124. The van der Waals surface area contributed by atoms with Crippen LogP contribution in [0.25, 0.3) is 0 Å². The molecule has 5 heteroatoms. The molecule has 1 aromatic heterocycles. The minimum Gasteiger partial charge on any atom is -0.477 e. The number of carboxylic acids is 1. The normalized spacial score (nSPS) is 21.9. The van der Waals surface area contributed by atoms with Crippen LogP contribution in [0.15, 0.2) is 12.1 Å². The van der Waals surface area contributed by atoms with Gasteiger partial charge >= 0.3 is 5.97 Å². The molecule has 2 rings (SSSR count). The average Bonchev–Trinajstić information content (AvgIpc) is 2.40.